The van der Waals surface area contributed by atoms with E-state index in [0.717, 1.165) is 11.4 Å². The number of rotatable bonds is 7. The summed E-state index contributed by atoms with van der Waals surface area (Å²) in [7, 11) is 4.48. The Kier molecular flexibility index (Phi) is 6.23. The molecule has 1 amide bonds. The van der Waals surface area contributed by atoms with Gasteiger partial charge in [-0.25, -0.2) is 4.68 Å². The van der Waals surface area contributed by atoms with Crippen LogP contribution in [0.1, 0.15) is 27.7 Å². The van der Waals surface area contributed by atoms with Crippen LogP contribution in [0.4, 0.5) is 0 Å². The highest BCUT2D eigenvalue weighted by atomic mass is 16.5. The first-order valence-electron chi connectivity index (χ1n) is 9.13. The molecular formula is C22H22N4O4. The second-order valence-electron chi connectivity index (χ2n) is 6.43. The van der Waals surface area contributed by atoms with Gasteiger partial charge < -0.3 is 19.5 Å². The van der Waals surface area contributed by atoms with E-state index in [1.165, 1.54) is 21.3 Å². The molecule has 0 saturated carbocycles. The Hall–Kier alpha value is -3.99. The lowest BCUT2D eigenvalue weighted by Gasteiger charge is -2.17. The number of benzene rings is 2. The molecule has 0 bridgehead atoms. The van der Waals surface area contributed by atoms with E-state index in [2.05, 4.69) is 16.5 Å². The molecular weight excluding hydrogens is 384 g/mol. The van der Waals surface area contributed by atoms with E-state index in [1.807, 2.05) is 13.0 Å². The maximum Gasteiger partial charge on any atom is 0.252 e. The summed E-state index contributed by atoms with van der Waals surface area (Å²) < 4.78 is 17.7. The van der Waals surface area contributed by atoms with E-state index in [1.54, 1.807) is 47.3 Å². The van der Waals surface area contributed by atoms with E-state index < -0.39 is 6.04 Å². The van der Waals surface area contributed by atoms with E-state index in [-0.39, 0.29) is 5.91 Å². The highest BCUT2D eigenvalue weighted by Crippen LogP contribution is 2.39. The van der Waals surface area contributed by atoms with Crippen LogP contribution in [-0.2, 0) is 0 Å². The molecule has 0 spiro atoms. The molecule has 3 rings (SSSR count). The minimum Gasteiger partial charge on any atom is -0.493 e. The fourth-order valence-corrected chi connectivity index (χ4v) is 3.07. The van der Waals surface area contributed by atoms with E-state index in [9.17, 15) is 10.1 Å². The first kappa shape index (κ1) is 20.7. The van der Waals surface area contributed by atoms with E-state index in [0.29, 0.717) is 28.4 Å². The quantitative estimate of drug-likeness (QED) is 0.647. The van der Waals surface area contributed by atoms with Gasteiger partial charge in [-0.15, -0.1) is 0 Å². The highest BCUT2D eigenvalue weighted by Gasteiger charge is 2.21. The molecule has 0 aliphatic rings. The predicted octanol–water partition coefficient (Wildman–Crippen LogP) is 3.20. The molecule has 8 nitrogen and oxygen atoms in total. The fourth-order valence-electron chi connectivity index (χ4n) is 3.07. The van der Waals surface area contributed by atoms with E-state index in [4.69, 9.17) is 14.2 Å². The number of hydrogen-bond acceptors (Lipinski definition) is 6. The van der Waals surface area contributed by atoms with Crippen LogP contribution >= 0.6 is 0 Å². The summed E-state index contributed by atoms with van der Waals surface area (Å²) in [5.41, 5.74) is 2.77. The minimum absolute atomic E-state index is 0.376. The van der Waals surface area contributed by atoms with Crippen molar-refractivity contribution in [2.45, 2.75) is 13.0 Å². The Morgan fingerprint density at radius 1 is 1.07 bits per heavy atom. The van der Waals surface area contributed by atoms with Gasteiger partial charge in [-0.3, -0.25) is 4.79 Å². The molecule has 1 heterocycles. The summed E-state index contributed by atoms with van der Waals surface area (Å²) in [6.07, 6.45) is 1.71. The lowest BCUT2D eigenvalue weighted by atomic mass is 10.1. The van der Waals surface area contributed by atoms with Gasteiger partial charge in [-0.05, 0) is 55.0 Å². The monoisotopic (exact) mass is 406 g/mol. The topological polar surface area (TPSA) is 98.4 Å². The first-order valence-corrected chi connectivity index (χ1v) is 9.13. The number of ether oxygens (including phenoxy) is 3. The van der Waals surface area contributed by atoms with Crippen molar-refractivity contribution in [3.63, 3.8) is 0 Å². The van der Waals surface area contributed by atoms with Crippen LogP contribution in [0.15, 0.2) is 48.7 Å². The van der Waals surface area contributed by atoms with Crippen LogP contribution < -0.4 is 19.5 Å². The smallest absolute Gasteiger partial charge is 0.252 e. The Labute approximate surface area is 174 Å². The molecule has 0 saturated heterocycles. The van der Waals surface area contributed by atoms with Crippen molar-refractivity contribution in [3.05, 3.63) is 65.5 Å². The molecule has 1 unspecified atom stereocenters. The summed E-state index contributed by atoms with van der Waals surface area (Å²) in [5, 5.41) is 16.6. The van der Waals surface area contributed by atoms with Gasteiger partial charge in [-0.2, -0.15) is 10.4 Å². The van der Waals surface area contributed by atoms with Gasteiger partial charge >= 0.3 is 0 Å². The molecule has 3 aromatic rings. The van der Waals surface area contributed by atoms with Crippen LogP contribution in [0.3, 0.4) is 0 Å². The SMILES string of the molecule is COc1cc(C(C#N)NC(=O)c2ccc(-n3nccc3C)cc2)cc(OC)c1OC. The summed E-state index contributed by atoms with van der Waals surface area (Å²) in [5.74, 6) is 0.843. The average molecular weight is 406 g/mol. The number of nitrogens with one attached hydrogen (secondary N) is 1. The molecule has 154 valence electrons. The zero-order valence-electron chi connectivity index (χ0n) is 17.2. The van der Waals surface area contributed by atoms with Gasteiger partial charge in [0.25, 0.3) is 5.91 Å². The number of nitriles is 1. The number of aromatic nitrogens is 2. The molecule has 1 N–H and O–H groups in total. The molecule has 0 fully saturated rings. The van der Waals surface area contributed by atoms with Crippen molar-refractivity contribution in [3.8, 4) is 29.0 Å². The highest BCUT2D eigenvalue weighted by molar-refractivity contribution is 5.94. The van der Waals surface area contributed by atoms with Crippen molar-refractivity contribution < 1.29 is 19.0 Å². The minimum atomic E-state index is -0.903. The number of aryl methyl sites for hydroxylation is 1. The summed E-state index contributed by atoms with van der Waals surface area (Å²) in [6.45, 7) is 1.95. The largest absolute Gasteiger partial charge is 0.493 e. The summed E-state index contributed by atoms with van der Waals surface area (Å²) in [6, 6.07) is 13.4. The Morgan fingerprint density at radius 3 is 2.17 bits per heavy atom. The normalized spacial score (nSPS) is 11.3. The molecule has 30 heavy (non-hydrogen) atoms. The Morgan fingerprint density at radius 2 is 1.70 bits per heavy atom. The van der Waals surface area contributed by atoms with Crippen molar-refractivity contribution in [1.29, 1.82) is 5.26 Å². The van der Waals surface area contributed by atoms with Crippen LogP contribution in [0.5, 0.6) is 17.2 Å². The number of nitrogens with zero attached hydrogens (tertiary/aromatic N) is 3. The van der Waals surface area contributed by atoms with Gasteiger partial charge in [-0.1, -0.05) is 0 Å². The van der Waals surface area contributed by atoms with Gasteiger partial charge in [0.1, 0.15) is 6.04 Å². The van der Waals surface area contributed by atoms with Gasteiger partial charge in [0.2, 0.25) is 5.75 Å². The van der Waals surface area contributed by atoms with Gasteiger partial charge in [0, 0.05) is 17.5 Å². The molecule has 2 aromatic carbocycles. The van der Waals surface area contributed by atoms with Gasteiger partial charge in [0.05, 0.1) is 33.1 Å². The van der Waals surface area contributed by atoms with E-state index >= 15 is 0 Å². The number of methoxy groups -OCH3 is 3. The Balaban J connectivity index is 1.83. The van der Waals surface area contributed by atoms with Gasteiger partial charge in [0.15, 0.2) is 11.5 Å². The first-order chi connectivity index (χ1) is 14.5. The average Bonchev–Trinajstić information content (AvgIpc) is 3.22. The summed E-state index contributed by atoms with van der Waals surface area (Å²) in [4.78, 5) is 12.7. The number of carbonyl (C=O) groups excluding carboxylic acids is 1. The van der Waals surface area contributed by atoms with Crippen LogP contribution in [0, 0.1) is 18.3 Å². The lowest BCUT2D eigenvalue weighted by molar-refractivity contribution is 0.0945. The fraction of sp³-hybridized carbons (Fsp3) is 0.227. The van der Waals surface area contributed by atoms with Crippen molar-refractivity contribution in [1.82, 2.24) is 15.1 Å². The summed E-state index contributed by atoms with van der Waals surface area (Å²) >= 11 is 0. The van der Waals surface area contributed by atoms with Crippen molar-refractivity contribution >= 4 is 5.91 Å². The molecule has 1 aromatic heterocycles. The molecule has 8 heteroatoms. The zero-order chi connectivity index (χ0) is 21.7. The maximum absolute atomic E-state index is 12.7. The van der Waals surface area contributed by atoms with Crippen molar-refractivity contribution in [2.24, 2.45) is 0 Å². The third-order valence-corrected chi connectivity index (χ3v) is 4.63. The second kappa shape index (κ2) is 9.01. The number of hydrogen-bond donors (Lipinski definition) is 1. The van der Waals surface area contributed by atoms with Crippen molar-refractivity contribution in [2.75, 3.05) is 21.3 Å². The predicted molar refractivity (Wildman–Crippen MR) is 110 cm³/mol. The Bertz CT molecular complexity index is 1060. The molecule has 0 radical (unpaired) electrons. The molecule has 1 atom stereocenters. The second-order valence-corrected chi connectivity index (χ2v) is 6.43. The third kappa shape index (κ3) is 4.05. The zero-order valence-corrected chi connectivity index (χ0v) is 17.2. The standard InChI is InChI=1S/C22H22N4O4/c1-14-9-10-24-26(14)17-7-5-15(6-8-17)22(27)25-18(13-23)16-11-19(28-2)21(30-4)20(12-16)29-3/h5-12,18H,1-4H3,(H,25,27). The maximum atomic E-state index is 12.7. The van der Waals surface area contributed by atoms with Crippen LogP contribution in [0.2, 0.25) is 0 Å². The van der Waals surface area contributed by atoms with Crippen LogP contribution in [0.25, 0.3) is 5.69 Å². The third-order valence-electron chi connectivity index (χ3n) is 4.63. The number of amides is 1. The molecule has 0 aliphatic heterocycles. The van der Waals surface area contributed by atoms with Crippen LogP contribution in [-0.4, -0.2) is 37.0 Å². The lowest BCUT2D eigenvalue weighted by Crippen LogP contribution is -2.27. The number of carbonyl (C=O) groups is 1. The molecule has 0 aliphatic carbocycles.